The lowest BCUT2D eigenvalue weighted by atomic mass is 9.96. The van der Waals surface area contributed by atoms with Crippen LogP contribution in [-0.4, -0.2) is 270 Å². The van der Waals surface area contributed by atoms with Crippen LogP contribution in [0, 0.1) is 0 Å². The van der Waals surface area contributed by atoms with Crippen molar-refractivity contribution in [2.75, 3.05) is 96.5 Å². The fourth-order valence-corrected chi connectivity index (χ4v) is 6.86. The van der Waals surface area contributed by atoms with E-state index in [2.05, 4.69) is 0 Å². The summed E-state index contributed by atoms with van der Waals surface area (Å²) in [5.74, 6) is 0. The van der Waals surface area contributed by atoms with Gasteiger partial charge in [0.05, 0.1) is 39.6 Å². The fraction of sp³-hybridized carbons (Fsp3) is 1.00. The van der Waals surface area contributed by atoms with E-state index in [1.165, 1.54) is 0 Å². The average Bonchev–Trinajstić information content (AvgIpc) is 3.23. The molecule has 4 rings (SSSR count). The predicted molar refractivity (Wildman–Crippen MR) is 190 cm³/mol. The van der Waals surface area contributed by atoms with E-state index in [0.29, 0.717) is 0 Å². The molecule has 4 aliphatic rings. The molecule has 0 aromatic heterocycles. The highest BCUT2D eigenvalue weighted by Crippen LogP contribution is 2.34. The van der Waals surface area contributed by atoms with Gasteiger partial charge in [-0.25, -0.2) is 0 Å². The van der Waals surface area contributed by atoms with Crippen molar-refractivity contribution in [2.24, 2.45) is 0 Å². The molecule has 10 N–H and O–H groups in total. The highest BCUT2D eigenvalue weighted by Gasteiger charge is 2.54. The van der Waals surface area contributed by atoms with Crippen LogP contribution >= 0.6 is 0 Å². The average molecular weight is 859 g/mol. The second kappa shape index (κ2) is 27.2. The lowest BCUT2D eigenvalue weighted by Gasteiger charge is -2.49. The predicted octanol–water partition coefficient (Wildman–Crippen LogP) is -6.59. The first-order chi connectivity index (χ1) is 27.8. The summed E-state index contributed by atoms with van der Waals surface area (Å²) in [4.78, 5) is 0. The first kappa shape index (κ1) is 53.2. The van der Waals surface area contributed by atoms with Crippen LogP contribution in [0.3, 0.4) is 0 Å². The maximum absolute atomic E-state index is 9.94. The second-order valence-electron chi connectivity index (χ2n) is 13.3. The number of aliphatic hydroxyl groups excluding tert-OH is 10. The minimum Gasteiger partial charge on any atom is -0.394 e. The Labute approximate surface area is 336 Å². The molecule has 58 heavy (non-hydrogen) atoms. The molecule has 0 radical (unpaired) electrons. The van der Waals surface area contributed by atoms with Gasteiger partial charge in [-0.15, -0.1) is 0 Å². The van der Waals surface area contributed by atoms with Crippen molar-refractivity contribution in [2.45, 2.75) is 123 Å². The van der Waals surface area contributed by atoms with Gasteiger partial charge in [-0.2, -0.15) is 0 Å². The van der Waals surface area contributed by atoms with Crippen LogP contribution in [-0.2, 0) is 66.3 Å². The summed E-state index contributed by atoms with van der Waals surface area (Å²) in [5.41, 5.74) is 0. The molecule has 24 heteroatoms. The highest BCUT2D eigenvalue weighted by atomic mass is 16.8. The van der Waals surface area contributed by atoms with Crippen molar-refractivity contribution in [3.05, 3.63) is 0 Å². The van der Waals surface area contributed by atoms with Crippen molar-refractivity contribution < 1.29 is 117 Å². The number of hydrogen-bond donors (Lipinski definition) is 10. The Hall–Kier alpha value is -0.960. The van der Waals surface area contributed by atoms with Gasteiger partial charge in [0, 0.05) is 56.9 Å². The van der Waals surface area contributed by atoms with E-state index in [4.69, 9.17) is 81.6 Å². The molecule has 4 fully saturated rings. The monoisotopic (exact) mass is 858 g/mol. The Morgan fingerprint density at radius 3 is 1.28 bits per heavy atom. The molecule has 0 saturated carbocycles. The van der Waals surface area contributed by atoms with Crippen LogP contribution in [0.2, 0.25) is 0 Å². The molecule has 0 aliphatic carbocycles. The summed E-state index contributed by atoms with van der Waals surface area (Å²) in [6.45, 7) is -1.05. The third-order valence-electron chi connectivity index (χ3n) is 9.81. The molecule has 0 amide bonds. The summed E-state index contributed by atoms with van der Waals surface area (Å²) in [7, 11) is 12.6. The summed E-state index contributed by atoms with van der Waals surface area (Å²) < 4.78 is 78.4. The number of aliphatic hydroxyl groups is 10. The standard InChI is InChI=1S/C20H38O11.C12H22O11.C2H6O2/c1-21-9-11-13(23-3)15(24-4)18(27-7)20(30-11)31-14-12(10-22-2)29-19(28-8)17(26-6)16(14)25-5;13-1-3-5(15)6(16)9(19)12(22-3)23-10-4(2-14)21-11(20)8(18)7(10)17;3-1-2-4/h11-20H,9-10H2,1-8H3;3-20H,1-2H2;3-4H,1-2H2/t11-,12-,13-,14-,15+,16+,17-,18-,19-,20+;3-,4-,5-,6+,7-,8-,9-,10-,11-,12+;/m00./s1. The molecule has 0 unspecified atom stereocenters. The van der Waals surface area contributed by atoms with Gasteiger partial charge < -0.3 is 117 Å². The molecule has 4 heterocycles. The Kier molecular flexibility index (Phi) is 24.9. The van der Waals surface area contributed by atoms with Crippen LogP contribution in [0.15, 0.2) is 0 Å². The van der Waals surface area contributed by atoms with Crippen LogP contribution in [0.25, 0.3) is 0 Å². The quantitative estimate of drug-likeness (QED) is 0.0650. The van der Waals surface area contributed by atoms with Gasteiger partial charge in [-0.05, 0) is 0 Å². The summed E-state index contributed by atoms with van der Waals surface area (Å²) >= 11 is 0. The van der Waals surface area contributed by atoms with Crippen LogP contribution in [0.5, 0.6) is 0 Å². The lowest BCUT2D eigenvalue weighted by molar-refractivity contribution is -0.365. The minimum absolute atomic E-state index is 0.125. The van der Waals surface area contributed by atoms with E-state index in [1.807, 2.05) is 0 Å². The first-order valence-corrected chi connectivity index (χ1v) is 18.4. The Bertz CT molecular complexity index is 1060. The number of ether oxygens (including phenoxy) is 14. The van der Waals surface area contributed by atoms with E-state index >= 15 is 0 Å². The molecule has 0 bridgehead atoms. The third kappa shape index (κ3) is 13.3. The molecule has 4 saturated heterocycles. The number of hydrogen-bond acceptors (Lipinski definition) is 24. The number of methoxy groups -OCH3 is 8. The SMILES string of the molecule is COC[C@@H]1O[C@H](O[C@@H]2[C@@H](OC)[C@H](OC)[C@@H](OC)O[C@H]2COC)[C@@H](OC)[C@H](OC)[C@H]1OC.OCCO.OC[C@@H]1O[C@H](O[C@@H]2[C@@H](O)[C@H](O)[C@@H](O)O[C@H]2CO)[C@@H](O)[C@H](O)[C@H]1O. The molecule has 24 nitrogen and oxygen atoms in total. The maximum Gasteiger partial charge on any atom is 0.187 e. The van der Waals surface area contributed by atoms with Crippen molar-refractivity contribution in [1.29, 1.82) is 0 Å². The molecule has 0 aromatic rings. The highest BCUT2D eigenvalue weighted by molar-refractivity contribution is 4.97. The molecule has 20 atom stereocenters. The molecule has 0 spiro atoms. The van der Waals surface area contributed by atoms with Gasteiger partial charge in [0.1, 0.15) is 97.7 Å². The van der Waals surface area contributed by atoms with Crippen molar-refractivity contribution in [3.63, 3.8) is 0 Å². The van der Waals surface area contributed by atoms with E-state index in [9.17, 15) is 35.7 Å². The zero-order valence-corrected chi connectivity index (χ0v) is 34.0. The second-order valence-corrected chi connectivity index (χ2v) is 13.3. The lowest BCUT2D eigenvalue weighted by Crippen LogP contribution is -2.66. The van der Waals surface area contributed by atoms with E-state index in [-0.39, 0.29) is 26.4 Å². The van der Waals surface area contributed by atoms with Crippen LogP contribution in [0.1, 0.15) is 0 Å². The van der Waals surface area contributed by atoms with E-state index < -0.39 is 136 Å². The smallest absolute Gasteiger partial charge is 0.187 e. The molecule has 4 aliphatic heterocycles. The zero-order valence-electron chi connectivity index (χ0n) is 34.0. The van der Waals surface area contributed by atoms with Crippen molar-refractivity contribution in [3.8, 4) is 0 Å². The van der Waals surface area contributed by atoms with Crippen LogP contribution in [0.4, 0.5) is 0 Å². The Morgan fingerprint density at radius 2 is 0.810 bits per heavy atom. The van der Waals surface area contributed by atoms with E-state index in [0.717, 1.165) is 0 Å². The van der Waals surface area contributed by atoms with Crippen LogP contribution < -0.4 is 0 Å². The zero-order chi connectivity index (χ0) is 43.7. The summed E-state index contributed by atoms with van der Waals surface area (Å²) in [5, 5.41) is 91.7. The molecule has 346 valence electrons. The largest absolute Gasteiger partial charge is 0.394 e. The molecular formula is C34H66O24. The summed E-state index contributed by atoms with van der Waals surface area (Å²) in [6, 6.07) is 0. The minimum atomic E-state index is -1.74. The Morgan fingerprint density at radius 1 is 0.362 bits per heavy atom. The number of rotatable bonds is 17. The van der Waals surface area contributed by atoms with Gasteiger partial charge in [-0.3, -0.25) is 0 Å². The van der Waals surface area contributed by atoms with Gasteiger partial charge in [0.2, 0.25) is 0 Å². The normalized spacial score (nSPS) is 43.1. The van der Waals surface area contributed by atoms with E-state index in [1.54, 1.807) is 56.9 Å². The Balaban J connectivity index is 0.000000379. The van der Waals surface area contributed by atoms with Gasteiger partial charge in [0.15, 0.2) is 25.2 Å². The molecular weight excluding hydrogens is 792 g/mol. The van der Waals surface area contributed by atoms with Gasteiger partial charge in [-0.1, -0.05) is 0 Å². The van der Waals surface area contributed by atoms with Crippen molar-refractivity contribution >= 4 is 0 Å². The summed E-state index contributed by atoms with van der Waals surface area (Å²) in [6.07, 6.45) is -21.1. The third-order valence-corrected chi connectivity index (χ3v) is 9.81. The molecule has 0 aromatic carbocycles. The topological polar surface area (TPSA) is 332 Å². The van der Waals surface area contributed by atoms with Gasteiger partial charge >= 0.3 is 0 Å². The fourth-order valence-electron chi connectivity index (χ4n) is 6.86. The maximum atomic E-state index is 9.94. The van der Waals surface area contributed by atoms with Gasteiger partial charge in [0.25, 0.3) is 0 Å². The van der Waals surface area contributed by atoms with Crippen molar-refractivity contribution in [1.82, 2.24) is 0 Å². The first-order valence-electron chi connectivity index (χ1n) is 18.4.